The lowest BCUT2D eigenvalue weighted by atomic mass is 9.94. The van der Waals surface area contributed by atoms with Crippen LogP contribution in [0.5, 0.6) is 0 Å². The summed E-state index contributed by atoms with van der Waals surface area (Å²) in [4.78, 5) is 17.8. The zero-order chi connectivity index (χ0) is 20.8. The third-order valence-electron chi connectivity index (χ3n) is 6.13. The van der Waals surface area contributed by atoms with Gasteiger partial charge in [-0.3, -0.25) is 10.1 Å². The summed E-state index contributed by atoms with van der Waals surface area (Å²) in [6.07, 6.45) is 5.91. The molecule has 1 aliphatic rings. The van der Waals surface area contributed by atoms with Crippen LogP contribution in [-0.2, 0) is 0 Å². The molecule has 0 bridgehead atoms. The summed E-state index contributed by atoms with van der Waals surface area (Å²) < 4.78 is 0. The second kappa shape index (κ2) is 7.28. The number of hydrogen-bond donors (Lipinski definition) is 3. The number of nitrogens with one attached hydrogen (secondary N) is 3. The Hall–Kier alpha value is -3.58. The first kappa shape index (κ1) is 18.2. The van der Waals surface area contributed by atoms with Crippen LogP contribution < -0.4 is 5.32 Å². The van der Waals surface area contributed by atoms with Gasteiger partial charge in [-0.1, -0.05) is 29.8 Å². The minimum Gasteiger partial charge on any atom is -0.335 e. The first-order chi connectivity index (χ1) is 15.3. The Morgan fingerprint density at radius 1 is 0.935 bits per heavy atom. The highest BCUT2D eigenvalue weighted by atomic mass is 15.2. The van der Waals surface area contributed by atoms with Gasteiger partial charge in [-0.2, -0.15) is 5.10 Å². The van der Waals surface area contributed by atoms with Crippen molar-refractivity contribution >= 4 is 22.1 Å². The average molecular weight is 409 g/mol. The molecule has 3 N–H and O–H groups in total. The lowest BCUT2D eigenvalue weighted by molar-refractivity contribution is 0.454. The van der Waals surface area contributed by atoms with Gasteiger partial charge in [-0.05, 0) is 50.6 Å². The van der Waals surface area contributed by atoms with E-state index in [2.05, 4.69) is 68.8 Å². The van der Waals surface area contributed by atoms with Crippen LogP contribution in [0.2, 0.25) is 0 Å². The predicted molar refractivity (Wildman–Crippen MR) is 122 cm³/mol. The molecule has 0 amide bonds. The predicted octanol–water partition coefficient (Wildman–Crippen LogP) is 4.34. The number of rotatable bonds is 3. The number of benzene rings is 1. The molecule has 5 aromatic rings. The summed E-state index contributed by atoms with van der Waals surface area (Å²) in [6, 6.07) is 12.6. The molecule has 31 heavy (non-hydrogen) atoms. The highest BCUT2D eigenvalue weighted by Crippen LogP contribution is 2.32. The molecule has 1 saturated heterocycles. The number of pyridine rings is 2. The maximum absolute atomic E-state index is 5.00. The van der Waals surface area contributed by atoms with Crippen LogP contribution >= 0.6 is 0 Å². The van der Waals surface area contributed by atoms with Crippen molar-refractivity contribution in [3.63, 3.8) is 0 Å². The zero-order valence-electron chi connectivity index (χ0n) is 17.3. The van der Waals surface area contributed by atoms with Crippen LogP contribution in [0, 0.1) is 6.92 Å². The summed E-state index contributed by atoms with van der Waals surface area (Å²) in [5.41, 5.74) is 8.76. The quantitative estimate of drug-likeness (QED) is 0.412. The van der Waals surface area contributed by atoms with E-state index in [0.717, 1.165) is 70.5 Å². The number of imidazole rings is 1. The Labute approximate surface area is 179 Å². The van der Waals surface area contributed by atoms with Gasteiger partial charge < -0.3 is 10.3 Å². The molecule has 5 heterocycles. The molecule has 0 unspecified atom stereocenters. The smallest absolute Gasteiger partial charge is 0.161 e. The Morgan fingerprint density at radius 3 is 2.71 bits per heavy atom. The van der Waals surface area contributed by atoms with Gasteiger partial charge in [-0.15, -0.1) is 0 Å². The molecular weight excluding hydrogens is 386 g/mol. The average Bonchev–Trinajstić information content (AvgIpc) is 3.43. The maximum Gasteiger partial charge on any atom is 0.161 e. The van der Waals surface area contributed by atoms with Gasteiger partial charge in [0.2, 0.25) is 0 Å². The van der Waals surface area contributed by atoms with E-state index >= 15 is 0 Å². The molecule has 0 spiro atoms. The van der Waals surface area contributed by atoms with E-state index in [4.69, 9.17) is 9.97 Å². The summed E-state index contributed by atoms with van der Waals surface area (Å²) in [7, 11) is 0. The number of aromatic nitrogens is 6. The Balaban J connectivity index is 1.47. The van der Waals surface area contributed by atoms with Gasteiger partial charge in [0, 0.05) is 23.4 Å². The van der Waals surface area contributed by atoms with E-state index in [-0.39, 0.29) is 0 Å². The summed E-state index contributed by atoms with van der Waals surface area (Å²) in [6.45, 7) is 4.18. The maximum atomic E-state index is 5.00. The standard InChI is InChI=1S/C24H23N7/c1-14-3-2-4-16(11-14)17-12-26-13-20-21(17)29-24(28-20)23-22-19(30-31-23)6-5-18(27-22)15-7-9-25-10-8-15/h2-6,11-13,15,25H,7-10H2,1H3,(H,28,29)(H,30,31). The van der Waals surface area contributed by atoms with Gasteiger partial charge >= 0.3 is 0 Å². The molecule has 7 heteroatoms. The Kier molecular flexibility index (Phi) is 4.28. The van der Waals surface area contributed by atoms with Gasteiger partial charge in [0.05, 0.1) is 22.7 Å². The summed E-state index contributed by atoms with van der Waals surface area (Å²) in [5.74, 6) is 1.19. The monoisotopic (exact) mass is 409 g/mol. The fourth-order valence-electron chi connectivity index (χ4n) is 4.49. The van der Waals surface area contributed by atoms with Crippen molar-refractivity contribution in [3.05, 3.63) is 60.0 Å². The first-order valence-corrected chi connectivity index (χ1v) is 10.7. The van der Waals surface area contributed by atoms with Gasteiger partial charge in [-0.25, -0.2) is 9.97 Å². The second-order valence-electron chi connectivity index (χ2n) is 8.27. The molecule has 7 nitrogen and oxygen atoms in total. The largest absolute Gasteiger partial charge is 0.335 e. The molecular formula is C24H23N7. The van der Waals surface area contributed by atoms with Crippen LogP contribution in [0.25, 0.3) is 44.7 Å². The normalized spacial score (nSPS) is 15.1. The van der Waals surface area contributed by atoms with Crippen molar-refractivity contribution in [3.8, 4) is 22.6 Å². The molecule has 0 atom stereocenters. The minimum atomic E-state index is 0.487. The van der Waals surface area contributed by atoms with Crippen molar-refractivity contribution < 1.29 is 0 Å². The molecule has 154 valence electrons. The second-order valence-corrected chi connectivity index (χ2v) is 8.27. The Bertz CT molecular complexity index is 1390. The van der Waals surface area contributed by atoms with Crippen molar-refractivity contribution in [2.24, 2.45) is 0 Å². The lowest BCUT2D eigenvalue weighted by Crippen LogP contribution is -2.27. The molecule has 0 saturated carbocycles. The van der Waals surface area contributed by atoms with E-state index in [1.807, 2.05) is 12.4 Å². The van der Waals surface area contributed by atoms with Gasteiger partial charge in [0.25, 0.3) is 0 Å². The molecule has 0 aliphatic carbocycles. The molecule has 4 aromatic heterocycles. The number of aromatic amines is 2. The highest BCUT2D eigenvalue weighted by Gasteiger charge is 2.20. The van der Waals surface area contributed by atoms with E-state index in [0.29, 0.717) is 11.7 Å². The van der Waals surface area contributed by atoms with Crippen LogP contribution in [0.15, 0.2) is 48.8 Å². The van der Waals surface area contributed by atoms with Crippen LogP contribution in [0.4, 0.5) is 0 Å². The zero-order valence-corrected chi connectivity index (χ0v) is 17.3. The fourth-order valence-corrected chi connectivity index (χ4v) is 4.49. The molecule has 0 radical (unpaired) electrons. The number of hydrogen-bond acceptors (Lipinski definition) is 5. The van der Waals surface area contributed by atoms with Crippen LogP contribution in [0.3, 0.4) is 0 Å². The summed E-state index contributed by atoms with van der Waals surface area (Å²) in [5, 5.41) is 11.1. The van der Waals surface area contributed by atoms with E-state index in [9.17, 15) is 0 Å². The van der Waals surface area contributed by atoms with Crippen molar-refractivity contribution in [2.45, 2.75) is 25.7 Å². The van der Waals surface area contributed by atoms with Gasteiger partial charge in [0.15, 0.2) is 11.5 Å². The van der Waals surface area contributed by atoms with E-state index < -0.39 is 0 Å². The molecule has 1 aliphatic heterocycles. The SMILES string of the molecule is Cc1cccc(-c2cncc3[nH]c(-c4n[nH]c5ccc(C6CCNCC6)nc45)nc23)c1. The molecule has 6 rings (SSSR count). The number of piperidine rings is 1. The topological polar surface area (TPSA) is 95.2 Å². The lowest BCUT2D eigenvalue weighted by Gasteiger charge is -2.22. The van der Waals surface area contributed by atoms with Crippen LogP contribution in [-0.4, -0.2) is 43.2 Å². The number of H-pyrrole nitrogens is 2. The fraction of sp³-hybridized carbons (Fsp3) is 0.250. The number of fused-ring (bicyclic) bond motifs is 2. The number of aryl methyl sites for hydroxylation is 1. The van der Waals surface area contributed by atoms with Crippen molar-refractivity contribution in [2.75, 3.05) is 13.1 Å². The minimum absolute atomic E-state index is 0.487. The van der Waals surface area contributed by atoms with Gasteiger partial charge in [0.1, 0.15) is 5.52 Å². The third kappa shape index (κ3) is 3.18. The van der Waals surface area contributed by atoms with E-state index in [1.165, 1.54) is 5.56 Å². The number of nitrogens with zero attached hydrogens (tertiary/aromatic N) is 4. The highest BCUT2D eigenvalue weighted by molar-refractivity contribution is 5.95. The molecule has 1 fully saturated rings. The third-order valence-corrected chi connectivity index (χ3v) is 6.13. The molecule has 1 aromatic carbocycles. The van der Waals surface area contributed by atoms with Crippen molar-refractivity contribution in [1.82, 2.24) is 35.5 Å². The van der Waals surface area contributed by atoms with E-state index in [1.54, 1.807) is 0 Å². The summed E-state index contributed by atoms with van der Waals surface area (Å²) >= 11 is 0. The van der Waals surface area contributed by atoms with Crippen molar-refractivity contribution in [1.29, 1.82) is 0 Å². The van der Waals surface area contributed by atoms with Crippen LogP contribution in [0.1, 0.15) is 30.0 Å². The first-order valence-electron chi connectivity index (χ1n) is 10.7. The Morgan fingerprint density at radius 2 is 1.84 bits per heavy atom.